The maximum Gasteiger partial charge on any atom is 0.337 e. The molecule has 29 heavy (non-hydrogen) atoms. The number of phenols is 1. The summed E-state index contributed by atoms with van der Waals surface area (Å²) >= 11 is 5.68. The second-order valence-electron chi connectivity index (χ2n) is 6.93. The third-order valence-corrected chi connectivity index (χ3v) is 5.33. The number of anilines is 1. The molecular formula is C22H24N2O4S. The second kappa shape index (κ2) is 8.13. The Labute approximate surface area is 175 Å². The summed E-state index contributed by atoms with van der Waals surface area (Å²) in [7, 11) is 2.83. The number of aryl methyl sites for hydroxylation is 2. The van der Waals surface area contributed by atoms with Crippen LogP contribution in [0.1, 0.15) is 29.7 Å². The summed E-state index contributed by atoms with van der Waals surface area (Å²) in [6.45, 7) is 5.86. The van der Waals surface area contributed by atoms with Crippen molar-refractivity contribution in [1.29, 1.82) is 0 Å². The van der Waals surface area contributed by atoms with Crippen molar-refractivity contribution < 1.29 is 19.4 Å². The topological polar surface area (TPSA) is 71.0 Å². The summed E-state index contributed by atoms with van der Waals surface area (Å²) in [5.41, 5.74) is 4.88. The highest BCUT2D eigenvalue weighted by molar-refractivity contribution is 7.80. The van der Waals surface area contributed by atoms with Gasteiger partial charge in [-0.05, 0) is 67.9 Å². The molecule has 2 N–H and O–H groups in total. The van der Waals surface area contributed by atoms with E-state index in [9.17, 15) is 9.90 Å². The van der Waals surface area contributed by atoms with Crippen molar-refractivity contribution in [3.63, 3.8) is 0 Å². The summed E-state index contributed by atoms with van der Waals surface area (Å²) in [6, 6.07) is 10.5. The number of phenolic OH excluding ortho intramolecular Hbond substituents is 1. The molecule has 0 saturated carbocycles. The molecule has 1 aliphatic heterocycles. The molecule has 1 aliphatic rings. The number of esters is 1. The Bertz CT molecular complexity index is 1020. The van der Waals surface area contributed by atoms with Crippen molar-refractivity contribution in [2.24, 2.45) is 0 Å². The molecule has 2 aromatic rings. The van der Waals surface area contributed by atoms with Crippen LogP contribution in [0.15, 0.2) is 47.7 Å². The van der Waals surface area contributed by atoms with Crippen molar-refractivity contribution in [3.8, 4) is 11.5 Å². The van der Waals surface area contributed by atoms with Crippen molar-refractivity contribution in [2.45, 2.75) is 26.8 Å². The van der Waals surface area contributed by atoms with Crippen LogP contribution >= 0.6 is 12.2 Å². The fourth-order valence-corrected chi connectivity index (χ4v) is 3.84. The molecule has 0 fully saturated rings. The van der Waals surface area contributed by atoms with Crippen molar-refractivity contribution in [1.82, 2.24) is 5.32 Å². The van der Waals surface area contributed by atoms with Crippen LogP contribution < -0.4 is 15.0 Å². The Morgan fingerprint density at radius 2 is 1.86 bits per heavy atom. The van der Waals surface area contributed by atoms with E-state index in [0.29, 0.717) is 22.1 Å². The number of ether oxygens (including phenoxy) is 2. The number of hydrogen-bond donors (Lipinski definition) is 2. The molecule has 1 atom stereocenters. The molecule has 0 spiro atoms. The molecule has 3 rings (SSSR count). The number of carbonyl (C=O) groups excluding carboxylic acids is 1. The lowest BCUT2D eigenvalue weighted by Gasteiger charge is -2.38. The third-order valence-electron chi connectivity index (χ3n) is 5.03. The van der Waals surface area contributed by atoms with Gasteiger partial charge >= 0.3 is 5.97 Å². The highest BCUT2D eigenvalue weighted by atomic mass is 32.1. The van der Waals surface area contributed by atoms with Gasteiger partial charge in [0.2, 0.25) is 0 Å². The molecule has 0 amide bonds. The minimum Gasteiger partial charge on any atom is -0.504 e. The lowest BCUT2D eigenvalue weighted by molar-refractivity contribution is -0.136. The van der Waals surface area contributed by atoms with Gasteiger partial charge in [0.15, 0.2) is 16.6 Å². The summed E-state index contributed by atoms with van der Waals surface area (Å²) in [4.78, 5) is 14.6. The van der Waals surface area contributed by atoms with Crippen LogP contribution in [-0.2, 0) is 9.53 Å². The number of nitrogens with zero attached hydrogens (tertiary/aromatic N) is 1. The Kier molecular flexibility index (Phi) is 5.79. The first-order chi connectivity index (χ1) is 13.8. The van der Waals surface area contributed by atoms with Crippen LogP contribution in [0.2, 0.25) is 0 Å². The van der Waals surface area contributed by atoms with E-state index in [1.165, 1.54) is 20.3 Å². The number of hydrogen-bond acceptors (Lipinski definition) is 5. The molecule has 0 aliphatic carbocycles. The van der Waals surface area contributed by atoms with Gasteiger partial charge in [0.05, 0.1) is 31.5 Å². The normalized spacial score (nSPS) is 16.5. The van der Waals surface area contributed by atoms with Crippen LogP contribution in [0.3, 0.4) is 0 Å². The molecule has 6 nitrogen and oxygen atoms in total. The summed E-state index contributed by atoms with van der Waals surface area (Å²) in [5, 5.41) is 13.7. The maximum absolute atomic E-state index is 12.7. The number of rotatable bonds is 4. The fraction of sp³-hybridized carbons (Fsp3) is 0.273. The van der Waals surface area contributed by atoms with Gasteiger partial charge in [0.25, 0.3) is 0 Å². The number of benzene rings is 2. The first-order valence-electron chi connectivity index (χ1n) is 9.12. The highest BCUT2D eigenvalue weighted by Crippen LogP contribution is 2.38. The van der Waals surface area contributed by atoms with Gasteiger partial charge in [0, 0.05) is 5.70 Å². The minimum atomic E-state index is -0.536. The Balaban J connectivity index is 2.19. The van der Waals surface area contributed by atoms with Crippen LogP contribution in [0, 0.1) is 13.8 Å². The number of thiocarbonyl (C=S) groups is 1. The van der Waals surface area contributed by atoms with Crippen molar-refractivity contribution >= 4 is 29.0 Å². The zero-order valence-electron chi connectivity index (χ0n) is 17.1. The van der Waals surface area contributed by atoms with Crippen LogP contribution in [0.5, 0.6) is 11.5 Å². The van der Waals surface area contributed by atoms with Gasteiger partial charge in [-0.1, -0.05) is 18.2 Å². The van der Waals surface area contributed by atoms with Gasteiger partial charge in [-0.15, -0.1) is 0 Å². The maximum atomic E-state index is 12.7. The highest BCUT2D eigenvalue weighted by Gasteiger charge is 2.36. The van der Waals surface area contributed by atoms with E-state index >= 15 is 0 Å². The molecular weight excluding hydrogens is 388 g/mol. The predicted octanol–water partition coefficient (Wildman–Crippen LogP) is 3.90. The number of allylic oxidation sites excluding steroid dienone is 1. The van der Waals surface area contributed by atoms with Gasteiger partial charge < -0.3 is 19.9 Å². The number of carbonyl (C=O) groups is 1. The molecule has 2 aromatic carbocycles. The summed E-state index contributed by atoms with van der Waals surface area (Å²) in [6.07, 6.45) is 0. The SMILES string of the molecule is COC(=O)C1=C(C)N(c2cc(C)ccc2C)C(=S)N[C@@H]1c1ccc(O)c(OC)c1. The van der Waals surface area contributed by atoms with E-state index in [4.69, 9.17) is 21.7 Å². The Morgan fingerprint density at radius 1 is 1.14 bits per heavy atom. The molecule has 152 valence electrons. The molecule has 7 heteroatoms. The zero-order valence-corrected chi connectivity index (χ0v) is 17.9. The van der Waals surface area contributed by atoms with E-state index < -0.39 is 12.0 Å². The average Bonchev–Trinajstić information content (AvgIpc) is 2.70. The number of nitrogens with one attached hydrogen (secondary N) is 1. The van der Waals surface area contributed by atoms with Crippen LogP contribution in [0.25, 0.3) is 0 Å². The molecule has 0 radical (unpaired) electrons. The van der Waals surface area contributed by atoms with Gasteiger partial charge in [-0.2, -0.15) is 0 Å². The first-order valence-corrected chi connectivity index (χ1v) is 9.53. The predicted molar refractivity (Wildman–Crippen MR) is 116 cm³/mol. The number of methoxy groups -OCH3 is 2. The lowest BCUT2D eigenvalue weighted by Crippen LogP contribution is -2.48. The van der Waals surface area contributed by atoms with Crippen LogP contribution in [0.4, 0.5) is 5.69 Å². The number of aromatic hydroxyl groups is 1. The Morgan fingerprint density at radius 3 is 2.52 bits per heavy atom. The summed E-state index contributed by atoms with van der Waals surface area (Å²) in [5.74, 6) is -0.120. The second-order valence-corrected chi connectivity index (χ2v) is 7.32. The molecule has 0 aromatic heterocycles. The first kappa shape index (κ1) is 20.7. The molecule has 0 saturated heterocycles. The van der Waals surface area contributed by atoms with E-state index in [1.54, 1.807) is 12.1 Å². The van der Waals surface area contributed by atoms with Gasteiger partial charge in [-0.3, -0.25) is 4.90 Å². The molecule has 0 bridgehead atoms. The molecule has 0 unspecified atom stereocenters. The fourth-order valence-electron chi connectivity index (χ4n) is 3.49. The Hall–Kier alpha value is -3.06. The summed E-state index contributed by atoms with van der Waals surface area (Å²) < 4.78 is 10.3. The van der Waals surface area contributed by atoms with Gasteiger partial charge in [0.1, 0.15) is 0 Å². The minimum absolute atomic E-state index is 0.0203. The standard InChI is InChI=1S/C22H24N2O4S/c1-12-6-7-13(2)16(10-12)24-14(3)19(21(26)28-5)20(23-22(24)29)15-8-9-17(25)18(11-15)27-4/h6-11,20,25H,1-5H3,(H,23,29)/t20-/m1/s1. The van der Waals surface area contributed by atoms with E-state index in [1.807, 2.05) is 43.9 Å². The van der Waals surface area contributed by atoms with E-state index in [2.05, 4.69) is 5.32 Å². The third kappa shape index (κ3) is 3.78. The van der Waals surface area contributed by atoms with Crippen molar-refractivity contribution in [3.05, 3.63) is 64.4 Å². The zero-order chi connectivity index (χ0) is 21.3. The van der Waals surface area contributed by atoms with E-state index in [-0.39, 0.29) is 5.75 Å². The van der Waals surface area contributed by atoms with Crippen molar-refractivity contribution in [2.75, 3.05) is 19.1 Å². The van der Waals surface area contributed by atoms with Gasteiger partial charge in [-0.25, -0.2) is 4.79 Å². The molecule has 1 heterocycles. The average molecular weight is 413 g/mol. The van der Waals surface area contributed by atoms with E-state index in [0.717, 1.165) is 22.4 Å². The smallest absolute Gasteiger partial charge is 0.337 e. The largest absolute Gasteiger partial charge is 0.504 e. The quantitative estimate of drug-likeness (QED) is 0.583. The monoisotopic (exact) mass is 412 g/mol. The van der Waals surface area contributed by atoms with Crippen LogP contribution in [-0.4, -0.2) is 30.4 Å². The lowest BCUT2D eigenvalue weighted by atomic mass is 9.94.